The quantitative estimate of drug-likeness (QED) is 0.0773. The summed E-state index contributed by atoms with van der Waals surface area (Å²) >= 11 is 3.11. The molecule has 13 nitrogen and oxygen atoms in total. The maximum absolute atomic E-state index is 14.8. The fourth-order valence-electron chi connectivity index (χ4n) is 6.01. The predicted molar refractivity (Wildman–Crippen MR) is 255 cm³/mol. The Labute approximate surface area is 377 Å². The van der Waals surface area contributed by atoms with Crippen LogP contribution in [0.4, 0.5) is 0 Å². The van der Waals surface area contributed by atoms with Crippen LogP contribution in [0.15, 0.2) is 76.9 Å². The Bertz CT molecular complexity index is 1750. The Balaban J connectivity index is 0. The lowest BCUT2D eigenvalue weighted by molar-refractivity contribution is -0.142. The summed E-state index contributed by atoms with van der Waals surface area (Å²) in [5.41, 5.74) is -0.716. The Morgan fingerprint density at radius 1 is 0.787 bits per heavy atom. The maximum Gasteiger partial charge on any atom is 0.452 e. The van der Waals surface area contributed by atoms with Gasteiger partial charge in [-0.1, -0.05) is 99.8 Å². The van der Waals surface area contributed by atoms with Gasteiger partial charge in [0.25, 0.3) is 5.91 Å². The molecule has 1 aliphatic rings. The van der Waals surface area contributed by atoms with Crippen molar-refractivity contribution in [3.63, 3.8) is 0 Å². The third kappa shape index (κ3) is 19.7. The number of nitrogens with one attached hydrogen (secondary N) is 3. The Hall–Kier alpha value is -4.07. The lowest BCUT2D eigenvalue weighted by Crippen LogP contribution is -2.57. The van der Waals surface area contributed by atoms with E-state index >= 15 is 0 Å². The van der Waals surface area contributed by atoms with E-state index in [1.807, 2.05) is 50.6 Å². The van der Waals surface area contributed by atoms with Crippen LogP contribution in [0.2, 0.25) is 0 Å². The van der Waals surface area contributed by atoms with Crippen molar-refractivity contribution in [1.82, 2.24) is 30.8 Å². The van der Waals surface area contributed by atoms with Crippen molar-refractivity contribution in [2.45, 2.75) is 134 Å². The summed E-state index contributed by atoms with van der Waals surface area (Å²) in [4.78, 5) is 64.3. The number of benzene rings is 2. The second-order valence-corrected chi connectivity index (χ2v) is 19.5. The first-order chi connectivity index (χ1) is 29.1. The third-order valence-corrected chi connectivity index (χ3v) is 12.7. The SMILES string of the molecule is C1CCCCC1.CCC.CCC[C@H](NC(=O)CN(CCC)C(=O)[C@@H](NC(=O)CNC(=O)c1cnccn1)C(C)(C)C)P(=O)(Oc1ccc(SC)cc1)Oc1ccc(SC)cc1.[HH].[HH].[HH]. The highest BCUT2D eigenvalue weighted by Crippen LogP contribution is 2.53. The fourth-order valence-corrected chi connectivity index (χ4v) is 8.82. The van der Waals surface area contributed by atoms with Crippen LogP contribution in [0.3, 0.4) is 0 Å². The van der Waals surface area contributed by atoms with Crippen LogP contribution in [0.1, 0.15) is 127 Å². The summed E-state index contributed by atoms with van der Waals surface area (Å²) in [6.07, 6.45) is 19.5. The molecule has 16 heteroatoms. The Kier molecular flexibility index (Phi) is 24.8. The van der Waals surface area contributed by atoms with Gasteiger partial charge in [0.2, 0.25) is 17.7 Å². The number of carbonyl (C=O) groups excluding carboxylic acids is 4. The van der Waals surface area contributed by atoms with Crippen LogP contribution in [0, 0.1) is 5.41 Å². The van der Waals surface area contributed by atoms with Crippen LogP contribution in [0.5, 0.6) is 11.5 Å². The molecule has 1 aromatic heterocycles. The van der Waals surface area contributed by atoms with E-state index < -0.39 is 55.0 Å². The fraction of sp³-hybridized carbons (Fsp3) is 0.556. The largest absolute Gasteiger partial charge is 0.452 e. The summed E-state index contributed by atoms with van der Waals surface area (Å²) in [5.74, 6) is -2.66. The summed E-state index contributed by atoms with van der Waals surface area (Å²) in [6, 6.07) is 13.1. The van der Waals surface area contributed by atoms with Crippen LogP contribution in [-0.2, 0) is 18.9 Å². The van der Waals surface area contributed by atoms with Gasteiger partial charge in [0.05, 0.1) is 19.3 Å². The van der Waals surface area contributed by atoms with Gasteiger partial charge in [0.1, 0.15) is 23.2 Å². The number of thioether (sulfide) groups is 2. The maximum atomic E-state index is 14.8. The first-order valence-corrected chi connectivity index (χ1v) is 25.4. The highest BCUT2D eigenvalue weighted by Gasteiger charge is 2.41. The molecule has 344 valence electrons. The molecular formula is C45H75N6O7PS2. The third-order valence-electron chi connectivity index (χ3n) is 9.12. The molecule has 0 aliphatic heterocycles. The molecule has 3 N–H and O–H groups in total. The molecule has 0 radical (unpaired) electrons. The van der Waals surface area contributed by atoms with E-state index in [4.69, 9.17) is 9.05 Å². The van der Waals surface area contributed by atoms with Crippen molar-refractivity contribution in [3.8, 4) is 11.5 Å². The molecule has 0 unspecified atom stereocenters. The van der Waals surface area contributed by atoms with Crippen LogP contribution >= 0.6 is 31.1 Å². The van der Waals surface area contributed by atoms with Gasteiger partial charge in [-0.15, -0.1) is 23.5 Å². The average Bonchev–Trinajstić information content (AvgIpc) is 3.25. The van der Waals surface area contributed by atoms with Gasteiger partial charge in [-0.2, -0.15) is 0 Å². The van der Waals surface area contributed by atoms with Gasteiger partial charge in [0, 0.05) is 33.0 Å². The monoisotopic (exact) mass is 906 g/mol. The topological polar surface area (TPSA) is 169 Å². The molecule has 4 rings (SSSR count). The molecule has 2 aromatic carbocycles. The van der Waals surface area contributed by atoms with Crippen LogP contribution in [-0.4, -0.2) is 82.5 Å². The number of rotatable bonds is 19. The molecule has 1 aliphatic carbocycles. The first kappa shape index (κ1) is 53.1. The summed E-state index contributed by atoms with van der Waals surface area (Å²) in [5, 5.41) is 8.07. The molecule has 1 fully saturated rings. The van der Waals surface area contributed by atoms with E-state index in [0.29, 0.717) is 24.3 Å². The Morgan fingerprint density at radius 3 is 1.70 bits per heavy atom. The zero-order valence-electron chi connectivity index (χ0n) is 37.7. The number of carbonyl (C=O) groups is 4. The van der Waals surface area contributed by atoms with E-state index in [1.54, 1.807) is 68.6 Å². The zero-order valence-corrected chi connectivity index (χ0v) is 40.2. The molecule has 3 aromatic rings. The van der Waals surface area contributed by atoms with Crippen molar-refractivity contribution in [1.29, 1.82) is 0 Å². The van der Waals surface area contributed by atoms with Gasteiger partial charge < -0.3 is 29.9 Å². The second kappa shape index (κ2) is 28.5. The first-order valence-electron chi connectivity index (χ1n) is 21.3. The molecule has 0 bridgehead atoms. The van der Waals surface area contributed by atoms with Crippen LogP contribution in [0.25, 0.3) is 0 Å². The molecule has 2 atom stereocenters. The number of hydrogen-bond acceptors (Lipinski definition) is 11. The highest BCUT2D eigenvalue weighted by molar-refractivity contribution is 7.98. The number of amides is 4. The van der Waals surface area contributed by atoms with Gasteiger partial charge >= 0.3 is 7.60 Å². The molecule has 1 saturated carbocycles. The zero-order chi connectivity index (χ0) is 45.3. The van der Waals surface area contributed by atoms with E-state index in [9.17, 15) is 23.7 Å². The number of nitrogens with zero attached hydrogens (tertiary/aromatic N) is 3. The average molecular weight is 907 g/mol. The predicted octanol–water partition coefficient (Wildman–Crippen LogP) is 10.5. The summed E-state index contributed by atoms with van der Waals surface area (Å²) in [7, 11) is -4.13. The van der Waals surface area contributed by atoms with E-state index in [1.165, 1.54) is 68.4 Å². The summed E-state index contributed by atoms with van der Waals surface area (Å²) in [6.45, 7) is 12.8. The molecule has 0 saturated heterocycles. The van der Waals surface area contributed by atoms with Crippen molar-refractivity contribution >= 4 is 54.7 Å². The lowest BCUT2D eigenvalue weighted by atomic mass is 9.85. The number of hydrogen-bond donors (Lipinski definition) is 3. The number of aromatic nitrogens is 2. The molecule has 4 amide bonds. The standard InChI is InChI=1S/C36H49N6O7PS2.C6H12.C3H8.3H2/c1-8-10-32(50(47,48-25-11-15-27(51-6)16-12-25)49-26-13-17-28(52-7)18-14-26)40-31(44)24-42(21-9-2)35(46)33(36(3,4)5)41-30(43)23-39-34(45)29-22-37-19-20-38-29;1-2-4-6-5-3-1;1-3-2;;;/h11-20,22,32-33H,8-10,21,23-24H2,1-7H3,(H,39,45)(H,40,44)(H,41,43);1-6H2;3H2,1-2H3;3*1H/t32-,33-;;;;;/m1...../s1. The molecule has 1 heterocycles. The van der Waals surface area contributed by atoms with Crippen LogP contribution < -0.4 is 25.0 Å². The van der Waals surface area contributed by atoms with Gasteiger partial charge in [0.15, 0.2) is 5.78 Å². The van der Waals surface area contributed by atoms with E-state index in [0.717, 1.165) is 9.79 Å². The van der Waals surface area contributed by atoms with Crippen molar-refractivity contribution in [3.05, 3.63) is 72.8 Å². The van der Waals surface area contributed by atoms with Crippen molar-refractivity contribution in [2.75, 3.05) is 32.1 Å². The minimum absolute atomic E-state index is 0. The van der Waals surface area contributed by atoms with Gasteiger partial charge in [-0.25, -0.2) is 9.55 Å². The normalized spacial score (nSPS) is 13.4. The van der Waals surface area contributed by atoms with Crippen molar-refractivity contribution < 1.29 is 37.1 Å². The van der Waals surface area contributed by atoms with Gasteiger partial charge in [-0.3, -0.25) is 24.2 Å². The minimum atomic E-state index is -4.13. The molecular weight excluding hydrogens is 832 g/mol. The Morgan fingerprint density at radius 2 is 1.30 bits per heavy atom. The van der Waals surface area contributed by atoms with Gasteiger partial charge in [-0.05, 0) is 79.3 Å². The molecule has 61 heavy (non-hydrogen) atoms. The summed E-state index contributed by atoms with van der Waals surface area (Å²) < 4.78 is 27.0. The van der Waals surface area contributed by atoms with E-state index in [2.05, 4.69) is 39.8 Å². The second-order valence-electron chi connectivity index (χ2n) is 15.7. The minimum Gasteiger partial charge on any atom is -0.415 e. The smallest absolute Gasteiger partial charge is 0.415 e. The lowest BCUT2D eigenvalue weighted by Gasteiger charge is -2.35. The molecule has 0 spiro atoms. The van der Waals surface area contributed by atoms with E-state index in [-0.39, 0.29) is 29.5 Å². The van der Waals surface area contributed by atoms with Crippen molar-refractivity contribution in [2.24, 2.45) is 5.41 Å². The highest BCUT2D eigenvalue weighted by atomic mass is 32.2.